The number of aliphatic hydroxyl groups is 4. The van der Waals surface area contributed by atoms with Crippen LogP contribution in [0.4, 0.5) is 0 Å². The summed E-state index contributed by atoms with van der Waals surface area (Å²) >= 11 is 0. The fourth-order valence-corrected chi connectivity index (χ4v) is 12.9. The molecule has 0 rings (SSSR count). The second kappa shape index (κ2) is 61.7. The van der Waals surface area contributed by atoms with Gasteiger partial charge >= 0.3 is 23.9 Å². The molecule has 756 valence electrons. The number of carbonyl (C=O) groups is 22. The van der Waals surface area contributed by atoms with Crippen molar-refractivity contribution >= 4 is 130 Å². The lowest BCUT2D eigenvalue weighted by molar-refractivity contribution is -0.144. The third-order valence-corrected chi connectivity index (χ3v) is 21.2. The number of nitrogens with two attached hydrogens (primary N) is 5. The average molecular weight is 1900 g/mol. The molecule has 0 aromatic carbocycles. The minimum atomic E-state index is -2.07. The van der Waals surface area contributed by atoms with Gasteiger partial charge in [0, 0.05) is 25.7 Å². The molecular weight excluding hydrogens is 1760 g/mol. The molecule has 51 heteroatoms. The van der Waals surface area contributed by atoms with Crippen LogP contribution in [-0.2, 0) is 105 Å². The maximum absolute atomic E-state index is 14.6. The summed E-state index contributed by atoms with van der Waals surface area (Å²) in [7, 11) is 0. The summed E-state index contributed by atoms with van der Waals surface area (Å²) < 4.78 is 0. The van der Waals surface area contributed by atoms with Crippen LogP contribution in [0.5, 0.6) is 0 Å². The highest BCUT2D eigenvalue weighted by Crippen LogP contribution is 2.18. The number of rotatable bonds is 67. The first kappa shape index (κ1) is 121. The van der Waals surface area contributed by atoms with Crippen molar-refractivity contribution in [2.24, 2.45) is 58.3 Å². The fourth-order valence-electron chi connectivity index (χ4n) is 12.9. The number of amides is 18. The standard InChI is InChI=1S/C82H143N21O30/c1-15-39(9)61(78(128)102-65(44(14)107)81(131)103-64(43(13)106)80(130)94-51(26-30-57(112)113)72(122)96-53(35-104)75(125)100-62(82(132)133)40(10)16-2)99-73(123)47(22-18-20-32-84)89-70(120)49(24-28-55(87)109)92-76(126)59(37(5)6)97-66(116)41(11)88-68(118)50(25-29-56(110)111)93-79(129)63(42(12)105)101-74(124)52(33-36(3)4)95-71(121)48(23-27-54(86)108)90-69(119)46(21-17-19-31-83)91-77(127)60(38(7)8)98-67(117)45(85)34-58(114)115/h36-53,59-65,104-107H,15-35,83-85H2,1-14H3,(H2,86,108)(H2,87,109)(H,88,118)(H,89,120)(H,90,119)(H,91,127)(H,92,126)(H,93,129)(H,94,130)(H,95,121)(H,96,122)(H,97,116)(H,98,117)(H,99,123)(H,100,125)(H,101,124)(H,102,128)(H,103,131)(H,110,111)(H,112,113)(H,114,115)(H,132,133)/t39-,40-,41-,42+,43+,44+,45-,46-,47-,48-,49-,50-,51-,52-,53-,59-,60-,61-,62-,63-,64-,65-/m0/s1. The Morgan fingerprint density at radius 1 is 0.286 bits per heavy atom. The van der Waals surface area contributed by atoms with Gasteiger partial charge in [0.2, 0.25) is 106 Å². The van der Waals surface area contributed by atoms with E-state index in [1.54, 1.807) is 27.7 Å². The van der Waals surface area contributed by atoms with E-state index in [4.69, 9.17) is 33.8 Å². The van der Waals surface area contributed by atoms with Crippen molar-refractivity contribution in [2.45, 2.75) is 334 Å². The van der Waals surface area contributed by atoms with Crippen LogP contribution in [0, 0.1) is 29.6 Å². The second-order valence-corrected chi connectivity index (χ2v) is 33.9. The number of carboxylic acid groups (broad SMARTS) is 4. The molecule has 34 N–H and O–H groups in total. The zero-order valence-corrected chi connectivity index (χ0v) is 77.7. The van der Waals surface area contributed by atoms with E-state index in [9.17, 15) is 141 Å². The Kier molecular flexibility index (Phi) is 56.2. The summed E-state index contributed by atoms with van der Waals surface area (Å²) in [4.78, 5) is 296. The van der Waals surface area contributed by atoms with Gasteiger partial charge in [0.1, 0.15) is 96.7 Å². The summed E-state index contributed by atoms with van der Waals surface area (Å²) in [5.41, 5.74) is 28.1. The largest absolute Gasteiger partial charge is 0.481 e. The molecule has 0 aliphatic carbocycles. The molecule has 0 fully saturated rings. The van der Waals surface area contributed by atoms with E-state index in [1.165, 1.54) is 41.5 Å². The fraction of sp³-hybridized carbons (Fsp3) is 0.732. The van der Waals surface area contributed by atoms with Gasteiger partial charge in [-0.05, 0) is 141 Å². The summed E-state index contributed by atoms with van der Waals surface area (Å²) in [5.74, 6) is -29.7. The Hall–Kier alpha value is -11.9. The zero-order valence-electron chi connectivity index (χ0n) is 77.7. The second-order valence-electron chi connectivity index (χ2n) is 33.9. The molecule has 18 amide bonds. The number of unbranched alkanes of at least 4 members (excludes halogenated alkanes) is 2. The van der Waals surface area contributed by atoms with Gasteiger partial charge in [-0.15, -0.1) is 0 Å². The van der Waals surface area contributed by atoms with Crippen molar-refractivity contribution < 1.29 is 146 Å². The van der Waals surface area contributed by atoms with E-state index >= 15 is 0 Å². The summed E-state index contributed by atoms with van der Waals surface area (Å²) in [5, 5.41) is 118. The topological polar surface area (TPSA) is 860 Å². The highest BCUT2D eigenvalue weighted by Gasteiger charge is 2.43. The molecule has 0 aliphatic rings. The van der Waals surface area contributed by atoms with Gasteiger partial charge < -0.3 is 155 Å². The minimum absolute atomic E-state index is 0.0715. The molecule has 0 heterocycles. The van der Waals surface area contributed by atoms with Crippen LogP contribution in [-0.4, -0.2) is 312 Å². The van der Waals surface area contributed by atoms with E-state index in [-0.39, 0.29) is 64.5 Å². The van der Waals surface area contributed by atoms with Crippen LogP contribution in [0.2, 0.25) is 0 Å². The molecular formula is C82H143N21O30. The van der Waals surface area contributed by atoms with Gasteiger partial charge in [-0.3, -0.25) is 101 Å². The Morgan fingerprint density at radius 3 is 0.872 bits per heavy atom. The van der Waals surface area contributed by atoms with Gasteiger partial charge in [-0.25, -0.2) is 4.79 Å². The Balaban J connectivity index is 7.14. The number of aliphatic hydroxyl groups excluding tert-OH is 4. The number of nitrogens with one attached hydrogen (secondary N) is 16. The molecule has 0 saturated heterocycles. The lowest BCUT2D eigenvalue weighted by atomic mass is 9.96. The average Bonchev–Trinajstić information content (AvgIpc) is 0.798. The molecule has 0 unspecified atom stereocenters. The van der Waals surface area contributed by atoms with Gasteiger partial charge in [-0.2, -0.15) is 0 Å². The maximum atomic E-state index is 14.6. The molecule has 0 spiro atoms. The highest BCUT2D eigenvalue weighted by atomic mass is 16.4. The smallest absolute Gasteiger partial charge is 0.326 e. The predicted octanol–water partition coefficient (Wildman–Crippen LogP) is -9.25. The van der Waals surface area contributed by atoms with Crippen LogP contribution in [0.1, 0.15) is 213 Å². The number of hydrogen-bond acceptors (Lipinski definition) is 29. The van der Waals surface area contributed by atoms with E-state index in [0.29, 0.717) is 6.42 Å². The maximum Gasteiger partial charge on any atom is 0.326 e. The lowest BCUT2D eigenvalue weighted by Crippen LogP contribution is -2.64. The van der Waals surface area contributed by atoms with E-state index in [0.717, 1.165) is 27.7 Å². The Bertz CT molecular complexity index is 3950. The molecule has 0 bridgehead atoms. The van der Waals surface area contributed by atoms with E-state index < -0.39 is 345 Å². The lowest BCUT2D eigenvalue weighted by Gasteiger charge is -2.31. The van der Waals surface area contributed by atoms with Crippen molar-refractivity contribution in [3.8, 4) is 0 Å². The monoisotopic (exact) mass is 1900 g/mol. The molecule has 51 nitrogen and oxygen atoms in total. The predicted molar refractivity (Wildman–Crippen MR) is 471 cm³/mol. The van der Waals surface area contributed by atoms with Crippen LogP contribution >= 0.6 is 0 Å². The Morgan fingerprint density at radius 2 is 0.549 bits per heavy atom. The Labute approximate surface area is 770 Å². The van der Waals surface area contributed by atoms with Crippen molar-refractivity contribution in [3.63, 3.8) is 0 Å². The van der Waals surface area contributed by atoms with Gasteiger partial charge in [0.25, 0.3) is 0 Å². The van der Waals surface area contributed by atoms with E-state index in [1.807, 2.05) is 0 Å². The highest BCUT2D eigenvalue weighted by molar-refractivity contribution is 6.02. The third-order valence-electron chi connectivity index (χ3n) is 21.2. The SMILES string of the molecule is CC[C@H](C)[C@H](NC(=O)[C@H](CO)NC(=O)[C@H](CCC(=O)O)NC(=O)[C@@H](NC(=O)[C@@H](NC(=O)[C@@H](NC(=O)[C@H](CCCCN)NC(=O)[C@H](CCC(N)=O)NC(=O)[C@@H](NC(=O)[C@H](C)NC(=O)[C@H](CCC(=O)O)NC(=O)[C@@H](NC(=O)[C@H](CC(C)C)NC(=O)[C@H](CCC(N)=O)NC(=O)[C@H](CCCCN)NC(=O)[C@@H](NC(=O)[C@@H](N)CC(=O)O)C(C)C)[C@@H](C)O)C(C)C)[C@@H](C)CC)[C@@H](C)O)[C@@H](C)O)C(=O)O. The molecule has 0 saturated carbocycles. The summed E-state index contributed by atoms with van der Waals surface area (Å²) in [6.45, 7) is 18.7. The number of carboxylic acids is 4. The molecule has 0 radical (unpaired) electrons. The first-order valence-corrected chi connectivity index (χ1v) is 44.1. The summed E-state index contributed by atoms with van der Waals surface area (Å²) in [6.07, 6.45) is -10.8. The minimum Gasteiger partial charge on any atom is -0.481 e. The quantitative estimate of drug-likeness (QED) is 0.0251. The van der Waals surface area contributed by atoms with E-state index in [2.05, 4.69) is 85.1 Å². The molecule has 0 aromatic heterocycles. The van der Waals surface area contributed by atoms with Crippen LogP contribution in [0.3, 0.4) is 0 Å². The first-order chi connectivity index (χ1) is 61.9. The van der Waals surface area contributed by atoms with Crippen molar-refractivity contribution in [1.29, 1.82) is 0 Å². The van der Waals surface area contributed by atoms with Crippen LogP contribution in [0.25, 0.3) is 0 Å². The number of aliphatic carboxylic acids is 4. The first-order valence-electron chi connectivity index (χ1n) is 44.1. The van der Waals surface area contributed by atoms with Gasteiger partial charge in [0.15, 0.2) is 0 Å². The van der Waals surface area contributed by atoms with Gasteiger partial charge in [0.05, 0.1) is 37.4 Å². The summed E-state index contributed by atoms with van der Waals surface area (Å²) in [6, 6.07) is -29.2. The van der Waals surface area contributed by atoms with Crippen molar-refractivity contribution in [3.05, 3.63) is 0 Å². The van der Waals surface area contributed by atoms with Gasteiger partial charge in [-0.1, -0.05) is 82.1 Å². The molecule has 0 aliphatic heterocycles. The number of primary amides is 2. The third kappa shape index (κ3) is 45.4. The van der Waals surface area contributed by atoms with Crippen LogP contribution in [0.15, 0.2) is 0 Å². The number of carbonyl (C=O) groups excluding carboxylic acids is 18. The molecule has 22 atom stereocenters. The molecule has 0 aromatic rings. The van der Waals surface area contributed by atoms with Crippen molar-refractivity contribution in [1.82, 2.24) is 85.1 Å². The van der Waals surface area contributed by atoms with Crippen LogP contribution < -0.4 is 114 Å². The zero-order chi connectivity index (χ0) is 102. The van der Waals surface area contributed by atoms with Crippen molar-refractivity contribution in [2.75, 3.05) is 19.7 Å². The normalized spacial score (nSPS) is 16.3. The number of hydrogen-bond donors (Lipinski definition) is 29. The molecule has 133 heavy (non-hydrogen) atoms.